The van der Waals surface area contributed by atoms with Gasteiger partial charge in [0.2, 0.25) is 10.0 Å². The van der Waals surface area contributed by atoms with E-state index in [1.165, 1.54) is 16.4 Å². The van der Waals surface area contributed by atoms with Crippen molar-refractivity contribution in [1.82, 2.24) is 14.5 Å². The molecule has 0 spiro atoms. The average molecular weight is 460 g/mol. The standard InChI is InChI=1S/C23H29N3O5S/c27-23(20-7-4-8-21(17-20)32(28,29)26-11-15-31-16-12-26)24-22(19-5-2-1-3-6-19)18-25-9-13-30-14-10-25/h1-8,17,22H,9-16,18H2,(H,24,27). The van der Waals surface area contributed by atoms with Gasteiger partial charge in [-0.1, -0.05) is 36.4 Å². The molecule has 2 aliphatic heterocycles. The van der Waals surface area contributed by atoms with Crippen LogP contribution in [0.1, 0.15) is 22.0 Å². The Bertz CT molecular complexity index is 1000. The quantitative estimate of drug-likeness (QED) is 0.675. The number of sulfonamides is 1. The number of nitrogens with zero attached hydrogens (tertiary/aromatic N) is 2. The van der Waals surface area contributed by atoms with Crippen molar-refractivity contribution < 1.29 is 22.7 Å². The zero-order valence-electron chi connectivity index (χ0n) is 18.0. The van der Waals surface area contributed by atoms with E-state index in [4.69, 9.17) is 9.47 Å². The molecule has 2 aromatic rings. The summed E-state index contributed by atoms with van der Waals surface area (Å²) in [6, 6.07) is 15.8. The Balaban J connectivity index is 1.52. The van der Waals surface area contributed by atoms with Gasteiger partial charge < -0.3 is 14.8 Å². The molecule has 172 valence electrons. The number of carbonyl (C=O) groups is 1. The molecule has 1 N–H and O–H groups in total. The summed E-state index contributed by atoms with van der Waals surface area (Å²) in [5, 5.41) is 3.11. The molecule has 1 amide bonds. The van der Waals surface area contributed by atoms with Gasteiger partial charge in [-0.2, -0.15) is 4.31 Å². The van der Waals surface area contributed by atoms with Crippen LogP contribution in [0.4, 0.5) is 0 Å². The van der Waals surface area contributed by atoms with E-state index in [9.17, 15) is 13.2 Å². The number of hydrogen-bond donors (Lipinski definition) is 1. The average Bonchev–Trinajstić information content (AvgIpc) is 2.85. The minimum atomic E-state index is -3.67. The van der Waals surface area contributed by atoms with Crippen LogP contribution in [0.5, 0.6) is 0 Å². The summed E-state index contributed by atoms with van der Waals surface area (Å²) in [6.45, 7) is 5.01. The second-order valence-corrected chi connectivity index (χ2v) is 9.83. The molecule has 0 aromatic heterocycles. The summed E-state index contributed by atoms with van der Waals surface area (Å²) < 4.78 is 38.1. The molecular weight excluding hydrogens is 430 g/mol. The highest BCUT2D eigenvalue weighted by Crippen LogP contribution is 2.20. The molecular formula is C23H29N3O5S. The van der Waals surface area contributed by atoms with Crippen molar-refractivity contribution in [2.45, 2.75) is 10.9 Å². The lowest BCUT2D eigenvalue weighted by molar-refractivity contribution is 0.0332. The van der Waals surface area contributed by atoms with Crippen LogP contribution in [0.15, 0.2) is 59.5 Å². The Morgan fingerprint density at radius 1 is 0.906 bits per heavy atom. The molecule has 2 fully saturated rings. The molecule has 0 aliphatic carbocycles. The summed E-state index contributed by atoms with van der Waals surface area (Å²) in [5.74, 6) is -0.300. The van der Waals surface area contributed by atoms with Gasteiger partial charge in [-0.3, -0.25) is 9.69 Å². The van der Waals surface area contributed by atoms with Crippen molar-refractivity contribution >= 4 is 15.9 Å². The molecule has 2 aromatic carbocycles. The molecule has 9 heteroatoms. The smallest absolute Gasteiger partial charge is 0.251 e. The lowest BCUT2D eigenvalue weighted by Crippen LogP contribution is -2.43. The number of carbonyl (C=O) groups excluding carboxylic acids is 1. The van der Waals surface area contributed by atoms with E-state index in [2.05, 4.69) is 10.2 Å². The molecule has 32 heavy (non-hydrogen) atoms. The number of ether oxygens (including phenoxy) is 2. The third-order valence-electron chi connectivity index (χ3n) is 5.76. The van der Waals surface area contributed by atoms with Crippen LogP contribution >= 0.6 is 0 Å². The molecule has 2 heterocycles. The van der Waals surface area contributed by atoms with Crippen molar-refractivity contribution in [1.29, 1.82) is 0 Å². The molecule has 0 radical (unpaired) electrons. The Hall–Kier alpha value is -2.30. The number of morpholine rings is 2. The van der Waals surface area contributed by atoms with E-state index < -0.39 is 10.0 Å². The fraction of sp³-hybridized carbons (Fsp3) is 0.435. The summed E-state index contributed by atoms with van der Waals surface area (Å²) in [7, 11) is -3.67. The van der Waals surface area contributed by atoms with E-state index in [-0.39, 0.29) is 16.8 Å². The maximum atomic E-state index is 13.1. The monoisotopic (exact) mass is 459 g/mol. The second kappa shape index (κ2) is 10.5. The van der Waals surface area contributed by atoms with Gasteiger partial charge in [0.15, 0.2) is 0 Å². The summed E-state index contributed by atoms with van der Waals surface area (Å²) in [6.07, 6.45) is 0. The van der Waals surface area contributed by atoms with Crippen LogP contribution < -0.4 is 5.32 Å². The van der Waals surface area contributed by atoms with Crippen molar-refractivity contribution in [3.8, 4) is 0 Å². The normalized spacial score (nSPS) is 19.4. The van der Waals surface area contributed by atoms with Crippen LogP contribution in [0, 0.1) is 0 Å². The Morgan fingerprint density at radius 2 is 1.56 bits per heavy atom. The minimum Gasteiger partial charge on any atom is -0.379 e. The van der Waals surface area contributed by atoms with Gasteiger partial charge in [0.25, 0.3) is 5.91 Å². The molecule has 8 nitrogen and oxygen atoms in total. The largest absolute Gasteiger partial charge is 0.379 e. The van der Waals surface area contributed by atoms with Crippen LogP contribution in [-0.2, 0) is 19.5 Å². The Morgan fingerprint density at radius 3 is 2.25 bits per heavy atom. The van der Waals surface area contributed by atoms with E-state index >= 15 is 0 Å². The molecule has 2 aliphatic rings. The molecule has 1 atom stereocenters. The highest BCUT2D eigenvalue weighted by Gasteiger charge is 2.27. The summed E-state index contributed by atoms with van der Waals surface area (Å²) in [5.41, 5.74) is 1.33. The number of nitrogens with one attached hydrogen (secondary N) is 1. The first-order chi connectivity index (χ1) is 15.5. The number of rotatable bonds is 7. The van der Waals surface area contributed by atoms with Crippen LogP contribution in [0.3, 0.4) is 0 Å². The van der Waals surface area contributed by atoms with Gasteiger partial charge in [-0.15, -0.1) is 0 Å². The minimum absolute atomic E-state index is 0.122. The van der Waals surface area contributed by atoms with Crippen molar-refractivity contribution in [2.24, 2.45) is 0 Å². The van der Waals surface area contributed by atoms with E-state index in [1.807, 2.05) is 30.3 Å². The van der Waals surface area contributed by atoms with Crippen LogP contribution in [0.2, 0.25) is 0 Å². The van der Waals surface area contributed by atoms with E-state index in [0.29, 0.717) is 51.6 Å². The predicted molar refractivity (Wildman–Crippen MR) is 120 cm³/mol. The lowest BCUT2D eigenvalue weighted by atomic mass is 10.1. The molecule has 2 saturated heterocycles. The van der Waals surface area contributed by atoms with Gasteiger partial charge in [-0.05, 0) is 23.8 Å². The first kappa shape index (κ1) is 22.9. The van der Waals surface area contributed by atoms with Gasteiger partial charge in [0, 0.05) is 38.3 Å². The highest BCUT2D eigenvalue weighted by molar-refractivity contribution is 7.89. The van der Waals surface area contributed by atoms with Crippen molar-refractivity contribution in [3.63, 3.8) is 0 Å². The number of hydrogen-bond acceptors (Lipinski definition) is 6. The Labute approximate surface area is 189 Å². The first-order valence-electron chi connectivity index (χ1n) is 10.9. The maximum Gasteiger partial charge on any atom is 0.251 e. The molecule has 0 bridgehead atoms. The topological polar surface area (TPSA) is 88.2 Å². The Kier molecular flexibility index (Phi) is 7.54. The molecule has 0 saturated carbocycles. The predicted octanol–water partition coefficient (Wildman–Crippen LogP) is 1.51. The van der Waals surface area contributed by atoms with E-state index in [0.717, 1.165) is 18.7 Å². The maximum absolute atomic E-state index is 13.1. The highest BCUT2D eigenvalue weighted by atomic mass is 32.2. The van der Waals surface area contributed by atoms with Crippen molar-refractivity contribution in [3.05, 3.63) is 65.7 Å². The van der Waals surface area contributed by atoms with E-state index in [1.54, 1.807) is 12.1 Å². The first-order valence-corrected chi connectivity index (χ1v) is 12.3. The molecule has 4 rings (SSSR count). The van der Waals surface area contributed by atoms with Crippen molar-refractivity contribution in [2.75, 3.05) is 59.2 Å². The zero-order valence-corrected chi connectivity index (χ0v) is 18.8. The lowest BCUT2D eigenvalue weighted by Gasteiger charge is -2.31. The van der Waals surface area contributed by atoms with Crippen LogP contribution in [0.25, 0.3) is 0 Å². The second-order valence-electron chi connectivity index (χ2n) is 7.89. The van der Waals surface area contributed by atoms with Gasteiger partial charge in [0.05, 0.1) is 37.4 Å². The van der Waals surface area contributed by atoms with Gasteiger partial charge in [-0.25, -0.2) is 8.42 Å². The fourth-order valence-electron chi connectivity index (χ4n) is 3.94. The molecule has 1 unspecified atom stereocenters. The van der Waals surface area contributed by atoms with Gasteiger partial charge >= 0.3 is 0 Å². The third-order valence-corrected chi connectivity index (χ3v) is 7.65. The SMILES string of the molecule is O=C(NC(CN1CCOCC1)c1ccccc1)c1cccc(S(=O)(=O)N2CCOCC2)c1. The fourth-order valence-corrected chi connectivity index (χ4v) is 5.39. The summed E-state index contributed by atoms with van der Waals surface area (Å²) >= 11 is 0. The third kappa shape index (κ3) is 5.54. The van der Waals surface area contributed by atoms with Crippen LogP contribution in [-0.4, -0.2) is 82.7 Å². The van der Waals surface area contributed by atoms with Gasteiger partial charge in [0.1, 0.15) is 0 Å². The zero-order chi connectivity index (χ0) is 22.4. The summed E-state index contributed by atoms with van der Waals surface area (Å²) in [4.78, 5) is 15.5. The number of amides is 1. The number of benzene rings is 2.